The van der Waals surface area contributed by atoms with Gasteiger partial charge in [0.2, 0.25) is 0 Å². The second kappa shape index (κ2) is 3.14. The lowest BCUT2D eigenvalue weighted by Gasteiger charge is -2.05. The number of hydrogen-bond acceptors (Lipinski definition) is 2. The number of benzene rings is 2. The molecule has 0 amide bonds. The zero-order valence-corrected chi connectivity index (χ0v) is 9.22. The number of allylic oxidation sites excluding steroid dienone is 1. The van der Waals surface area contributed by atoms with Crippen LogP contribution in [0.5, 0.6) is 0 Å². The van der Waals surface area contributed by atoms with E-state index in [0.717, 1.165) is 22.8 Å². The Morgan fingerprint density at radius 2 is 1.82 bits per heavy atom. The molecule has 2 aromatic carbocycles. The van der Waals surface area contributed by atoms with E-state index in [4.69, 9.17) is 4.99 Å². The Balaban J connectivity index is 2.27. The first-order valence-corrected chi connectivity index (χ1v) is 5.76. The summed E-state index contributed by atoms with van der Waals surface area (Å²) in [5.41, 5.74) is 2.36. The Morgan fingerprint density at radius 3 is 2.82 bits per heavy atom. The van der Waals surface area contributed by atoms with Crippen molar-refractivity contribution in [1.82, 2.24) is 0 Å². The van der Waals surface area contributed by atoms with Gasteiger partial charge >= 0.3 is 0 Å². The summed E-state index contributed by atoms with van der Waals surface area (Å²) in [6.45, 7) is 0. The third-order valence-corrected chi connectivity index (χ3v) is 3.33. The number of nitrogens with zero attached hydrogens (tertiary/aromatic N) is 2. The highest BCUT2D eigenvalue weighted by molar-refractivity contribution is 5.52. The van der Waals surface area contributed by atoms with Crippen molar-refractivity contribution in [2.75, 3.05) is 0 Å². The highest BCUT2D eigenvalue weighted by Gasteiger charge is 2.11. The predicted octanol–water partition coefficient (Wildman–Crippen LogP) is 1.93. The number of rotatable bonds is 0. The van der Waals surface area contributed by atoms with Crippen LogP contribution >= 0.6 is 0 Å². The molecule has 0 aromatic heterocycles. The van der Waals surface area contributed by atoms with Crippen molar-refractivity contribution in [3.63, 3.8) is 0 Å². The van der Waals surface area contributed by atoms with Gasteiger partial charge in [0, 0.05) is 22.2 Å². The van der Waals surface area contributed by atoms with Gasteiger partial charge in [-0.15, -0.1) is 0 Å². The number of fused-ring (bicyclic) bond motifs is 4. The van der Waals surface area contributed by atoms with Gasteiger partial charge in [-0.2, -0.15) is 0 Å². The average molecular weight is 218 g/mol. The molecule has 0 spiro atoms. The van der Waals surface area contributed by atoms with E-state index < -0.39 is 0 Å². The van der Waals surface area contributed by atoms with E-state index in [1.54, 1.807) is 0 Å². The topological polar surface area (TPSA) is 24.7 Å². The molecule has 0 unspecified atom stereocenters. The molecule has 0 saturated carbocycles. The van der Waals surface area contributed by atoms with Crippen LogP contribution in [0.25, 0.3) is 0 Å². The fourth-order valence-corrected chi connectivity index (χ4v) is 2.52. The first-order chi connectivity index (χ1) is 8.43. The van der Waals surface area contributed by atoms with E-state index in [0.29, 0.717) is 0 Å². The van der Waals surface area contributed by atoms with E-state index in [-0.39, 0.29) is 0 Å². The lowest BCUT2D eigenvalue weighted by atomic mass is 10.1. The first-order valence-electron chi connectivity index (χ1n) is 5.76. The average Bonchev–Trinajstić information content (AvgIpc) is 2.78. The molecule has 2 aliphatic rings. The van der Waals surface area contributed by atoms with Crippen LogP contribution in [0, 0.1) is 10.4 Å². The summed E-state index contributed by atoms with van der Waals surface area (Å²) < 4.78 is 0. The molecule has 4 rings (SSSR count). The van der Waals surface area contributed by atoms with Crippen molar-refractivity contribution in [3.05, 3.63) is 75.4 Å². The van der Waals surface area contributed by atoms with Crippen LogP contribution in [-0.2, 0) is 6.42 Å². The summed E-state index contributed by atoms with van der Waals surface area (Å²) in [4.78, 5) is 9.13. The minimum absolute atomic E-state index is 0.930. The first kappa shape index (κ1) is 8.88. The fourth-order valence-electron chi connectivity index (χ4n) is 2.52. The summed E-state index contributed by atoms with van der Waals surface area (Å²) in [7, 11) is 0. The Kier molecular flexibility index (Phi) is 1.64. The van der Waals surface area contributed by atoms with Crippen molar-refractivity contribution < 1.29 is 0 Å². The molecule has 0 aliphatic carbocycles. The van der Waals surface area contributed by atoms with E-state index in [1.807, 2.05) is 12.3 Å². The molecule has 0 atom stereocenters. The molecular formula is C15H10N2. The molecule has 2 heteroatoms. The SMILES string of the molecule is C1=CN=c2ccc3c(c2C1)N=c1ccccc1=3. The maximum absolute atomic E-state index is 4.73. The predicted molar refractivity (Wildman–Crippen MR) is 65.4 cm³/mol. The van der Waals surface area contributed by atoms with Gasteiger partial charge in [0.25, 0.3) is 0 Å². The van der Waals surface area contributed by atoms with Gasteiger partial charge in [0.15, 0.2) is 0 Å². The lowest BCUT2D eigenvalue weighted by Crippen LogP contribution is -2.10. The van der Waals surface area contributed by atoms with Crippen LogP contribution in [0.15, 0.2) is 58.7 Å². The fraction of sp³-hybridized carbons (Fsp3) is 0.0667. The summed E-state index contributed by atoms with van der Waals surface area (Å²) in [5.74, 6) is 0. The minimum atomic E-state index is 0.930. The van der Waals surface area contributed by atoms with Gasteiger partial charge in [-0.05, 0) is 24.6 Å². The second-order valence-corrected chi connectivity index (χ2v) is 4.31. The molecule has 0 N–H and O–H groups in total. The minimum Gasteiger partial charge on any atom is -0.257 e. The third kappa shape index (κ3) is 1.15. The van der Waals surface area contributed by atoms with Crippen LogP contribution in [-0.4, -0.2) is 0 Å². The zero-order valence-electron chi connectivity index (χ0n) is 9.22. The van der Waals surface area contributed by atoms with Crippen LogP contribution in [0.1, 0.15) is 5.56 Å². The molecule has 0 radical (unpaired) electrons. The molecule has 17 heavy (non-hydrogen) atoms. The zero-order chi connectivity index (χ0) is 11.2. The van der Waals surface area contributed by atoms with Crippen LogP contribution in [0.2, 0.25) is 0 Å². The second-order valence-electron chi connectivity index (χ2n) is 4.31. The Labute approximate surface area is 98.0 Å². The molecule has 2 aromatic rings. The monoisotopic (exact) mass is 218 g/mol. The van der Waals surface area contributed by atoms with Gasteiger partial charge in [-0.3, -0.25) is 4.99 Å². The highest BCUT2D eigenvalue weighted by Crippen LogP contribution is 2.22. The van der Waals surface area contributed by atoms with Crippen molar-refractivity contribution >= 4 is 5.69 Å². The van der Waals surface area contributed by atoms with Gasteiger partial charge in [-0.25, -0.2) is 4.99 Å². The highest BCUT2D eigenvalue weighted by atomic mass is 14.8. The Bertz CT molecular complexity index is 861. The molecule has 0 fully saturated rings. The Morgan fingerprint density at radius 1 is 0.882 bits per heavy atom. The summed E-state index contributed by atoms with van der Waals surface area (Å²) in [5, 5.41) is 4.61. The van der Waals surface area contributed by atoms with E-state index >= 15 is 0 Å². The molecule has 2 aliphatic heterocycles. The quantitative estimate of drug-likeness (QED) is 0.551. The van der Waals surface area contributed by atoms with Crippen LogP contribution < -0.4 is 10.7 Å². The summed E-state index contributed by atoms with van der Waals surface area (Å²) >= 11 is 0. The van der Waals surface area contributed by atoms with Crippen LogP contribution in [0.4, 0.5) is 5.69 Å². The van der Waals surface area contributed by atoms with Gasteiger partial charge in [-0.1, -0.05) is 24.3 Å². The summed E-state index contributed by atoms with van der Waals surface area (Å²) in [6, 6.07) is 12.5. The maximum Gasteiger partial charge on any atom is 0.0773 e. The van der Waals surface area contributed by atoms with E-state index in [9.17, 15) is 0 Å². The molecule has 0 bridgehead atoms. The van der Waals surface area contributed by atoms with Crippen molar-refractivity contribution in [2.24, 2.45) is 9.98 Å². The molecule has 0 saturated heterocycles. The van der Waals surface area contributed by atoms with E-state index in [2.05, 4.69) is 41.4 Å². The number of para-hydroxylation sites is 1. The van der Waals surface area contributed by atoms with E-state index in [1.165, 1.54) is 16.0 Å². The van der Waals surface area contributed by atoms with Crippen molar-refractivity contribution in [3.8, 4) is 0 Å². The van der Waals surface area contributed by atoms with Crippen LogP contribution in [0.3, 0.4) is 0 Å². The van der Waals surface area contributed by atoms with Gasteiger partial charge < -0.3 is 0 Å². The van der Waals surface area contributed by atoms with Gasteiger partial charge in [0.1, 0.15) is 0 Å². The molecule has 80 valence electrons. The number of hydrogen-bond donors (Lipinski definition) is 0. The summed E-state index contributed by atoms with van der Waals surface area (Å²) in [6.07, 6.45) is 4.89. The third-order valence-electron chi connectivity index (χ3n) is 3.33. The Hall–Kier alpha value is -2.22. The normalized spacial score (nSPS) is 14.4. The molecule has 2 nitrogen and oxygen atoms in total. The largest absolute Gasteiger partial charge is 0.257 e. The lowest BCUT2D eigenvalue weighted by molar-refractivity contribution is 1.11. The smallest absolute Gasteiger partial charge is 0.0773 e. The molecular weight excluding hydrogens is 208 g/mol. The maximum atomic E-state index is 4.73. The van der Waals surface area contributed by atoms with Gasteiger partial charge in [0.05, 0.1) is 16.4 Å². The van der Waals surface area contributed by atoms with Crippen molar-refractivity contribution in [2.45, 2.75) is 6.42 Å². The molecule has 2 heterocycles. The van der Waals surface area contributed by atoms with Crippen molar-refractivity contribution in [1.29, 1.82) is 0 Å². The standard InChI is InChI=1S/C15H10N2/c1-2-6-14-10(4-1)11-7-8-13-12(15(11)17-14)5-3-9-16-13/h1-4,6-9H,5H2.